The summed E-state index contributed by atoms with van der Waals surface area (Å²) in [6.07, 6.45) is 1.42. The number of carbonyl (C=O) groups is 3. The molecule has 0 bridgehead atoms. The van der Waals surface area contributed by atoms with Crippen LogP contribution in [-0.4, -0.2) is 63.7 Å². The summed E-state index contributed by atoms with van der Waals surface area (Å²) in [6.45, 7) is 6.51. The van der Waals surface area contributed by atoms with Crippen LogP contribution in [-0.2, 0) is 4.79 Å². The Labute approximate surface area is 119 Å². The van der Waals surface area contributed by atoms with E-state index in [1.54, 1.807) is 13.8 Å². The zero-order valence-corrected chi connectivity index (χ0v) is 12.3. The summed E-state index contributed by atoms with van der Waals surface area (Å²) >= 11 is 0. The quantitative estimate of drug-likeness (QED) is 0.772. The topological polar surface area (TPSA) is 98.2 Å². The Morgan fingerprint density at radius 2 is 2.00 bits per heavy atom. The lowest BCUT2D eigenvalue weighted by molar-refractivity contribution is -0.112. The minimum absolute atomic E-state index is 0.238. The Kier molecular flexibility index (Phi) is 8.35. The van der Waals surface area contributed by atoms with Crippen molar-refractivity contribution in [3.05, 3.63) is 0 Å². The molecular formula is C13H24N2O5. The van der Waals surface area contributed by atoms with Gasteiger partial charge < -0.3 is 19.9 Å². The zero-order valence-electron chi connectivity index (χ0n) is 12.3. The lowest BCUT2D eigenvalue weighted by atomic mass is 10.2. The predicted octanol–water partition coefficient (Wildman–Crippen LogP) is 2.11. The van der Waals surface area contributed by atoms with Crippen LogP contribution >= 0.6 is 0 Å². The van der Waals surface area contributed by atoms with Gasteiger partial charge in [0.05, 0.1) is 6.04 Å². The second kappa shape index (κ2) is 9.17. The molecule has 2 atom stereocenters. The van der Waals surface area contributed by atoms with Crippen molar-refractivity contribution in [2.24, 2.45) is 0 Å². The maximum atomic E-state index is 10.5. The Bertz CT molecular complexity index is 335. The Morgan fingerprint density at radius 3 is 2.15 bits per heavy atom. The van der Waals surface area contributed by atoms with Gasteiger partial charge in [-0.15, -0.1) is 0 Å². The first-order valence-corrected chi connectivity index (χ1v) is 6.83. The van der Waals surface area contributed by atoms with Gasteiger partial charge in [-0.1, -0.05) is 6.92 Å². The maximum absolute atomic E-state index is 10.5. The molecule has 7 nitrogen and oxygen atoms in total. The number of carbonyl (C=O) groups excluding carboxylic acids is 1. The average Bonchev–Trinajstić information content (AvgIpc) is 2.82. The minimum Gasteiger partial charge on any atom is -0.465 e. The van der Waals surface area contributed by atoms with E-state index in [1.807, 2.05) is 6.92 Å². The third-order valence-corrected chi connectivity index (χ3v) is 3.36. The summed E-state index contributed by atoms with van der Waals surface area (Å²) in [4.78, 5) is 33.7. The lowest BCUT2D eigenvalue weighted by Crippen LogP contribution is -2.39. The van der Waals surface area contributed by atoms with E-state index in [0.29, 0.717) is 19.3 Å². The van der Waals surface area contributed by atoms with Gasteiger partial charge >= 0.3 is 12.2 Å². The lowest BCUT2D eigenvalue weighted by Gasteiger charge is -2.22. The molecule has 0 aromatic heterocycles. The molecule has 2 amide bonds. The summed E-state index contributed by atoms with van der Waals surface area (Å²) in [7, 11) is 0. The largest absolute Gasteiger partial charge is 0.465 e. The molecule has 1 saturated heterocycles. The van der Waals surface area contributed by atoms with Crippen molar-refractivity contribution in [3.63, 3.8) is 0 Å². The van der Waals surface area contributed by atoms with Crippen molar-refractivity contribution >= 4 is 18.5 Å². The SMILES string of the molecule is CC1CCCN1C(=O)O.CCC(C=O)N(CC)C(=O)O. The van der Waals surface area contributed by atoms with Gasteiger partial charge in [-0.25, -0.2) is 9.59 Å². The number of nitrogens with zero attached hydrogens (tertiary/aromatic N) is 2. The van der Waals surface area contributed by atoms with Gasteiger partial charge in [0.15, 0.2) is 0 Å². The molecule has 2 N–H and O–H groups in total. The molecule has 116 valence electrons. The van der Waals surface area contributed by atoms with Crippen LogP contribution in [0, 0.1) is 0 Å². The molecule has 0 spiro atoms. The number of likely N-dealkylation sites (tertiary alicyclic amines) is 1. The molecule has 0 aromatic rings. The predicted molar refractivity (Wildman–Crippen MR) is 74.0 cm³/mol. The molecule has 1 rings (SSSR count). The first-order valence-electron chi connectivity index (χ1n) is 6.83. The van der Waals surface area contributed by atoms with E-state index in [9.17, 15) is 14.4 Å². The molecule has 0 saturated carbocycles. The smallest absolute Gasteiger partial charge is 0.407 e. The van der Waals surface area contributed by atoms with Gasteiger partial charge in [-0.3, -0.25) is 4.90 Å². The highest BCUT2D eigenvalue weighted by Crippen LogP contribution is 2.15. The van der Waals surface area contributed by atoms with Gasteiger partial charge in [0, 0.05) is 19.1 Å². The van der Waals surface area contributed by atoms with Crippen LogP contribution in [0.2, 0.25) is 0 Å². The second-order valence-electron chi connectivity index (χ2n) is 4.65. The van der Waals surface area contributed by atoms with E-state index in [1.165, 1.54) is 4.90 Å². The van der Waals surface area contributed by atoms with Crippen molar-refractivity contribution in [1.29, 1.82) is 0 Å². The fraction of sp³-hybridized carbons (Fsp3) is 0.769. The first-order chi connectivity index (χ1) is 9.38. The van der Waals surface area contributed by atoms with Gasteiger partial charge in [-0.05, 0) is 33.1 Å². The molecule has 20 heavy (non-hydrogen) atoms. The number of aldehydes is 1. The van der Waals surface area contributed by atoms with Crippen molar-refractivity contribution < 1.29 is 24.6 Å². The molecule has 1 heterocycles. The average molecular weight is 288 g/mol. The van der Waals surface area contributed by atoms with Crippen LogP contribution in [0.25, 0.3) is 0 Å². The number of hydrogen-bond acceptors (Lipinski definition) is 3. The summed E-state index contributed by atoms with van der Waals surface area (Å²) in [5.74, 6) is 0. The van der Waals surface area contributed by atoms with E-state index in [2.05, 4.69) is 0 Å². The van der Waals surface area contributed by atoms with Gasteiger partial charge in [0.2, 0.25) is 0 Å². The van der Waals surface area contributed by atoms with E-state index >= 15 is 0 Å². The fourth-order valence-electron chi connectivity index (χ4n) is 2.12. The fourth-order valence-corrected chi connectivity index (χ4v) is 2.12. The maximum Gasteiger partial charge on any atom is 0.407 e. The highest BCUT2D eigenvalue weighted by molar-refractivity contribution is 5.71. The van der Waals surface area contributed by atoms with E-state index in [0.717, 1.165) is 24.3 Å². The number of rotatable bonds is 4. The summed E-state index contributed by atoms with van der Waals surface area (Å²) in [5.41, 5.74) is 0. The van der Waals surface area contributed by atoms with Gasteiger partial charge in [0.1, 0.15) is 6.29 Å². The second-order valence-corrected chi connectivity index (χ2v) is 4.65. The monoisotopic (exact) mass is 288 g/mol. The first kappa shape index (κ1) is 18.2. The number of likely N-dealkylation sites (N-methyl/N-ethyl adjacent to an activating group) is 1. The normalized spacial score (nSPS) is 18.8. The number of carboxylic acid groups (broad SMARTS) is 2. The van der Waals surface area contributed by atoms with E-state index in [-0.39, 0.29) is 6.04 Å². The molecular weight excluding hydrogens is 264 g/mol. The van der Waals surface area contributed by atoms with E-state index in [4.69, 9.17) is 10.2 Å². The highest BCUT2D eigenvalue weighted by atomic mass is 16.4. The van der Waals surface area contributed by atoms with Crippen molar-refractivity contribution in [2.75, 3.05) is 13.1 Å². The Hall–Kier alpha value is -1.79. The van der Waals surface area contributed by atoms with Crippen LogP contribution in [0.5, 0.6) is 0 Å². The molecule has 1 aliphatic heterocycles. The molecule has 1 fully saturated rings. The molecule has 2 unspecified atom stereocenters. The summed E-state index contributed by atoms with van der Waals surface area (Å²) < 4.78 is 0. The third-order valence-electron chi connectivity index (χ3n) is 3.36. The molecule has 1 aliphatic rings. The van der Waals surface area contributed by atoms with Crippen LogP contribution in [0.3, 0.4) is 0 Å². The number of amides is 2. The van der Waals surface area contributed by atoms with Crippen LogP contribution < -0.4 is 0 Å². The Morgan fingerprint density at radius 1 is 1.40 bits per heavy atom. The van der Waals surface area contributed by atoms with Crippen LogP contribution in [0.15, 0.2) is 0 Å². The van der Waals surface area contributed by atoms with Gasteiger partial charge in [0.25, 0.3) is 0 Å². The molecule has 0 aromatic carbocycles. The number of hydrogen-bond donors (Lipinski definition) is 2. The molecule has 0 aliphatic carbocycles. The van der Waals surface area contributed by atoms with Crippen molar-refractivity contribution in [1.82, 2.24) is 9.80 Å². The zero-order chi connectivity index (χ0) is 15.7. The summed E-state index contributed by atoms with van der Waals surface area (Å²) in [5, 5.41) is 17.1. The standard InChI is InChI=1S/C7H13NO3.C6H11NO2/c1-3-6(5-9)8(4-2)7(10)11;1-5-3-2-4-7(5)6(8)9/h5-6H,3-4H2,1-2H3,(H,10,11);5H,2-4H2,1H3,(H,8,9). The Balaban J connectivity index is 0.000000367. The van der Waals surface area contributed by atoms with Crippen molar-refractivity contribution in [2.45, 2.75) is 52.1 Å². The van der Waals surface area contributed by atoms with E-state index < -0.39 is 18.2 Å². The minimum atomic E-state index is -1.04. The van der Waals surface area contributed by atoms with Gasteiger partial charge in [-0.2, -0.15) is 0 Å². The van der Waals surface area contributed by atoms with Crippen LogP contribution in [0.4, 0.5) is 9.59 Å². The summed E-state index contributed by atoms with van der Waals surface area (Å²) in [6, 6.07) is -0.250. The molecule has 0 radical (unpaired) electrons. The third kappa shape index (κ3) is 5.46. The molecule has 7 heteroatoms. The van der Waals surface area contributed by atoms with Crippen molar-refractivity contribution in [3.8, 4) is 0 Å². The highest BCUT2D eigenvalue weighted by Gasteiger charge is 2.23. The van der Waals surface area contributed by atoms with Crippen LogP contribution in [0.1, 0.15) is 40.0 Å².